The summed E-state index contributed by atoms with van der Waals surface area (Å²) in [4.78, 5) is 35.6. The first-order valence-electron chi connectivity index (χ1n) is 10.8. The number of nitro benzene ring substituents is 1. The summed E-state index contributed by atoms with van der Waals surface area (Å²) >= 11 is 5.18. The first-order chi connectivity index (χ1) is 17.3. The van der Waals surface area contributed by atoms with E-state index >= 15 is 0 Å². The number of nitro groups is 1. The number of nitrogens with one attached hydrogen (secondary N) is 3. The summed E-state index contributed by atoms with van der Waals surface area (Å²) in [5, 5.41) is 20.2. The van der Waals surface area contributed by atoms with Gasteiger partial charge in [0.2, 0.25) is 0 Å². The van der Waals surface area contributed by atoms with Crippen LogP contribution >= 0.6 is 12.2 Å². The van der Waals surface area contributed by atoms with Crippen molar-refractivity contribution >= 4 is 57.2 Å². The van der Waals surface area contributed by atoms with E-state index in [1.54, 1.807) is 43.3 Å². The summed E-state index contributed by atoms with van der Waals surface area (Å²) in [6.07, 6.45) is 0. The van der Waals surface area contributed by atoms with Crippen molar-refractivity contribution in [1.82, 2.24) is 5.32 Å². The molecular weight excluding hydrogens is 484 g/mol. The summed E-state index contributed by atoms with van der Waals surface area (Å²) in [5.41, 5.74) is 1.45. The van der Waals surface area contributed by atoms with Gasteiger partial charge in [-0.1, -0.05) is 18.2 Å². The predicted molar refractivity (Wildman–Crippen MR) is 139 cm³/mol. The molecule has 36 heavy (non-hydrogen) atoms. The van der Waals surface area contributed by atoms with E-state index in [1.807, 2.05) is 18.2 Å². The zero-order valence-electron chi connectivity index (χ0n) is 18.9. The molecule has 0 unspecified atom stereocenters. The van der Waals surface area contributed by atoms with Crippen molar-refractivity contribution in [3.05, 3.63) is 94.2 Å². The van der Waals surface area contributed by atoms with E-state index < -0.39 is 10.8 Å². The SMILES string of the molecule is CCOc1ccc(C(=O)NC(=S)Nc2ccc(NC(=O)c3cc4ccccc4o3)cc2)cc1[N+](=O)[O-]. The summed E-state index contributed by atoms with van der Waals surface area (Å²) < 4.78 is 10.8. The molecule has 1 aromatic heterocycles. The van der Waals surface area contributed by atoms with Gasteiger partial charge in [-0.2, -0.15) is 0 Å². The lowest BCUT2D eigenvalue weighted by Gasteiger charge is -2.11. The minimum absolute atomic E-state index is 0.00408. The van der Waals surface area contributed by atoms with Gasteiger partial charge in [0, 0.05) is 28.4 Å². The van der Waals surface area contributed by atoms with Gasteiger partial charge in [-0.3, -0.25) is 25.0 Å². The molecule has 0 spiro atoms. The molecule has 0 saturated heterocycles. The van der Waals surface area contributed by atoms with Crippen LogP contribution < -0.4 is 20.7 Å². The number of hydrogen-bond donors (Lipinski definition) is 3. The third-order valence-corrected chi connectivity index (χ3v) is 5.20. The van der Waals surface area contributed by atoms with E-state index in [2.05, 4.69) is 16.0 Å². The number of thiocarbonyl (C=S) groups is 1. The van der Waals surface area contributed by atoms with Crippen LogP contribution in [-0.4, -0.2) is 28.5 Å². The number of anilines is 2. The second-order valence-corrected chi connectivity index (χ2v) is 7.87. The van der Waals surface area contributed by atoms with Gasteiger partial charge in [0.1, 0.15) is 5.58 Å². The lowest BCUT2D eigenvalue weighted by molar-refractivity contribution is -0.385. The molecule has 3 aromatic carbocycles. The van der Waals surface area contributed by atoms with E-state index in [0.717, 1.165) is 11.5 Å². The Labute approximate surface area is 210 Å². The average molecular weight is 505 g/mol. The van der Waals surface area contributed by atoms with Crippen LogP contribution in [0.3, 0.4) is 0 Å². The number of ether oxygens (including phenoxy) is 1. The van der Waals surface area contributed by atoms with Gasteiger partial charge in [0.05, 0.1) is 11.5 Å². The molecule has 4 aromatic rings. The molecule has 182 valence electrons. The van der Waals surface area contributed by atoms with E-state index in [9.17, 15) is 19.7 Å². The fourth-order valence-electron chi connectivity index (χ4n) is 3.34. The summed E-state index contributed by atoms with van der Waals surface area (Å²) in [7, 11) is 0. The van der Waals surface area contributed by atoms with Crippen LogP contribution in [0.4, 0.5) is 17.1 Å². The predicted octanol–water partition coefficient (Wildman–Crippen LogP) is 5.12. The molecule has 11 heteroatoms. The Morgan fingerprint density at radius 2 is 1.67 bits per heavy atom. The van der Waals surface area contributed by atoms with Crippen LogP contribution in [0.15, 0.2) is 77.2 Å². The Morgan fingerprint density at radius 1 is 0.972 bits per heavy atom. The number of carbonyl (C=O) groups is 2. The molecule has 0 bridgehead atoms. The molecule has 0 atom stereocenters. The quantitative estimate of drug-likeness (QED) is 0.179. The number of benzene rings is 3. The highest BCUT2D eigenvalue weighted by Crippen LogP contribution is 2.28. The van der Waals surface area contributed by atoms with Crippen LogP contribution in [-0.2, 0) is 0 Å². The third-order valence-electron chi connectivity index (χ3n) is 4.99. The first kappa shape index (κ1) is 24.4. The first-order valence-corrected chi connectivity index (χ1v) is 11.2. The molecule has 1 heterocycles. The molecule has 3 N–H and O–H groups in total. The number of carbonyl (C=O) groups excluding carboxylic acids is 2. The van der Waals surface area contributed by atoms with Crippen LogP contribution in [0, 0.1) is 10.1 Å². The average Bonchev–Trinajstić information content (AvgIpc) is 3.30. The summed E-state index contributed by atoms with van der Waals surface area (Å²) in [6.45, 7) is 1.96. The Morgan fingerprint density at radius 3 is 2.33 bits per heavy atom. The zero-order valence-corrected chi connectivity index (χ0v) is 19.8. The minimum atomic E-state index is -0.618. The van der Waals surface area contributed by atoms with Crippen molar-refractivity contribution in [1.29, 1.82) is 0 Å². The monoisotopic (exact) mass is 504 g/mol. The Hall–Kier alpha value is -4.77. The van der Waals surface area contributed by atoms with Gasteiger partial charge >= 0.3 is 5.69 Å². The van der Waals surface area contributed by atoms with Crippen molar-refractivity contribution in [2.45, 2.75) is 6.92 Å². The number of hydrogen-bond acceptors (Lipinski definition) is 7. The highest BCUT2D eigenvalue weighted by Gasteiger charge is 2.19. The van der Waals surface area contributed by atoms with Gasteiger partial charge in [-0.15, -0.1) is 0 Å². The summed E-state index contributed by atoms with van der Waals surface area (Å²) in [6, 6.07) is 19.5. The smallest absolute Gasteiger partial charge is 0.311 e. The van der Waals surface area contributed by atoms with Gasteiger partial charge in [0.25, 0.3) is 11.8 Å². The van der Waals surface area contributed by atoms with Gasteiger partial charge in [0.15, 0.2) is 16.6 Å². The third kappa shape index (κ3) is 5.65. The van der Waals surface area contributed by atoms with Gasteiger partial charge < -0.3 is 19.8 Å². The number of para-hydroxylation sites is 1. The normalized spacial score (nSPS) is 10.5. The van der Waals surface area contributed by atoms with E-state index in [1.165, 1.54) is 12.1 Å². The maximum Gasteiger partial charge on any atom is 0.311 e. The number of fused-ring (bicyclic) bond motifs is 1. The zero-order chi connectivity index (χ0) is 25.7. The molecule has 2 amide bonds. The second-order valence-electron chi connectivity index (χ2n) is 7.46. The molecule has 10 nitrogen and oxygen atoms in total. The van der Waals surface area contributed by atoms with Crippen LogP contribution in [0.2, 0.25) is 0 Å². The fraction of sp³-hybridized carbons (Fsp3) is 0.0800. The van der Waals surface area contributed by atoms with Crippen molar-refractivity contribution in [3.8, 4) is 5.75 Å². The number of rotatable bonds is 7. The van der Waals surface area contributed by atoms with E-state index in [0.29, 0.717) is 17.0 Å². The highest BCUT2D eigenvalue weighted by atomic mass is 32.1. The van der Waals surface area contributed by atoms with Crippen LogP contribution in [0.25, 0.3) is 11.0 Å². The van der Waals surface area contributed by atoms with Crippen molar-refractivity contribution in [2.24, 2.45) is 0 Å². The molecule has 0 aliphatic rings. The van der Waals surface area contributed by atoms with Gasteiger partial charge in [-0.05, 0) is 67.7 Å². The summed E-state index contributed by atoms with van der Waals surface area (Å²) in [5.74, 6) is -0.739. The van der Waals surface area contributed by atoms with Gasteiger partial charge in [-0.25, -0.2) is 0 Å². The van der Waals surface area contributed by atoms with E-state index in [-0.39, 0.29) is 40.4 Å². The number of nitrogens with zero attached hydrogens (tertiary/aromatic N) is 1. The molecule has 0 aliphatic heterocycles. The maximum atomic E-state index is 12.5. The molecule has 0 saturated carbocycles. The van der Waals surface area contributed by atoms with Crippen LogP contribution in [0.5, 0.6) is 5.75 Å². The fourth-order valence-corrected chi connectivity index (χ4v) is 3.55. The standard InChI is InChI=1S/C25H20N4O6S/c1-2-34-21-12-7-16(13-19(21)29(32)33)23(30)28-25(36)27-18-10-8-17(9-11-18)26-24(31)22-14-15-5-3-4-6-20(15)35-22/h3-14H,2H2,1H3,(H,26,31)(H2,27,28,30,36). The van der Waals surface area contributed by atoms with E-state index in [4.69, 9.17) is 21.4 Å². The Bertz CT molecular complexity index is 1430. The number of amides is 2. The number of furan rings is 1. The minimum Gasteiger partial charge on any atom is -0.487 e. The second kappa shape index (κ2) is 10.7. The molecule has 4 rings (SSSR count). The topological polar surface area (TPSA) is 136 Å². The Kier molecular flexibility index (Phi) is 7.21. The highest BCUT2D eigenvalue weighted by molar-refractivity contribution is 7.80. The molecule has 0 fully saturated rings. The molecule has 0 radical (unpaired) electrons. The Balaban J connectivity index is 1.35. The van der Waals surface area contributed by atoms with Crippen LogP contribution in [0.1, 0.15) is 27.8 Å². The maximum absolute atomic E-state index is 12.5. The molecule has 0 aliphatic carbocycles. The largest absolute Gasteiger partial charge is 0.487 e. The van der Waals surface area contributed by atoms with Crippen molar-refractivity contribution in [2.75, 3.05) is 17.2 Å². The lowest BCUT2D eigenvalue weighted by Crippen LogP contribution is -2.34. The van der Waals surface area contributed by atoms with Crippen molar-refractivity contribution < 1.29 is 23.7 Å². The van der Waals surface area contributed by atoms with Crippen molar-refractivity contribution in [3.63, 3.8) is 0 Å². The molecular formula is C25H20N4O6S. The lowest BCUT2D eigenvalue weighted by atomic mass is 10.1.